The van der Waals surface area contributed by atoms with Gasteiger partial charge in [-0.3, -0.25) is 0 Å². The molecule has 0 spiro atoms. The lowest BCUT2D eigenvalue weighted by Gasteiger charge is -2.07. The number of nitrogens with zero attached hydrogens (tertiary/aromatic N) is 1. The van der Waals surface area contributed by atoms with Gasteiger partial charge in [-0.05, 0) is 29.8 Å². The summed E-state index contributed by atoms with van der Waals surface area (Å²) in [7, 11) is 0. The molecule has 0 aliphatic carbocycles. The third kappa shape index (κ3) is 3.63. The van der Waals surface area contributed by atoms with E-state index in [2.05, 4.69) is 5.16 Å². The lowest BCUT2D eigenvalue weighted by atomic mass is 10.0. The van der Waals surface area contributed by atoms with Crippen molar-refractivity contribution in [1.82, 2.24) is 0 Å². The summed E-state index contributed by atoms with van der Waals surface area (Å²) in [4.78, 5) is 0. The molecule has 0 aliphatic heterocycles. The summed E-state index contributed by atoms with van der Waals surface area (Å²) < 4.78 is 0. The van der Waals surface area contributed by atoms with Crippen molar-refractivity contribution >= 4 is 40.5 Å². The average molecular weight is 315 g/mol. The van der Waals surface area contributed by atoms with E-state index < -0.39 is 0 Å². The molecule has 0 fully saturated rings. The van der Waals surface area contributed by atoms with Crippen LogP contribution in [0.5, 0.6) is 0 Å². The van der Waals surface area contributed by atoms with Gasteiger partial charge in [0.1, 0.15) is 0 Å². The van der Waals surface area contributed by atoms with Crippen molar-refractivity contribution < 1.29 is 5.21 Å². The fraction of sp³-hybridized carbons (Fsp3) is 0.0714. The van der Waals surface area contributed by atoms with Crippen LogP contribution in [0.25, 0.3) is 0 Å². The van der Waals surface area contributed by atoms with Crippen LogP contribution in [-0.2, 0) is 6.42 Å². The molecule has 0 heterocycles. The van der Waals surface area contributed by atoms with E-state index in [1.165, 1.54) is 0 Å². The Labute approximate surface area is 126 Å². The molecule has 2 aromatic carbocycles. The van der Waals surface area contributed by atoms with E-state index in [1.54, 1.807) is 30.3 Å². The lowest BCUT2D eigenvalue weighted by Crippen LogP contribution is -2.06. The molecule has 2 aromatic rings. The molecule has 0 amide bonds. The van der Waals surface area contributed by atoms with Gasteiger partial charge in [0.05, 0.1) is 10.7 Å². The molecule has 19 heavy (non-hydrogen) atoms. The molecule has 2 nitrogen and oxygen atoms in total. The average Bonchev–Trinajstić information content (AvgIpc) is 2.39. The van der Waals surface area contributed by atoms with Gasteiger partial charge in [0.25, 0.3) is 0 Å². The van der Waals surface area contributed by atoms with Crippen LogP contribution in [0.3, 0.4) is 0 Å². The monoisotopic (exact) mass is 313 g/mol. The standard InChI is InChI=1S/C14H10Cl3NO/c15-10-3-1-9(2-4-10)7-14(18-19)12-6-5-11(16)8-13(12)17/h1-6,8,19H,7H2. The smallest absolute Gasteiger partial charge is 0.0926 e. The van der Waals surface area contributed by atoms with Crippen molar-refractivity contribution in [2.45, 2.75) is 6.42 Å². The Bertz CT molecular complexity index is 609. The summed E-state index contributed by atoms with van der Waals surface area (Å²) in [6.45, 7) is 0. The molecule has 0 aliphatic rings. The molecule has 2 rings (SSSR count). The first-order valence-electron chi connectivity index (χ1n) is 5.51. The van der Waals surface area contributed by atoms with Crippen LogP contribution in [0.4, 0.5) is 0 Å². The second-order valence-electron chi connectivity index (χ2n) is 3.97. The SMILES string of the molecule is ON=C(Cc1ccc(Cl)cc1)c1ccc(Cl)cc1Cl. The normalized spacial score (nSPS) is 11.6. The van der Waals surface area contributed by atoms with Crippen LogP contribution >= 0.6 is 34.8 Å². The summed E-state index contributed by atoms with van der Waals surface area (Å²) in [6.07, 6.45) is 0.453. The van der Waals surface area contributed by atoms with E-state index in [0.29, 0.717) is 32.8 Å². The zero-order valence-corrected chi connectivity index (χ0v) is 12.0. The highest BCUT2D eigenvalue weighted by Gasteiger charge is 2.10. The van der Waals surface area contributed by atoms with Crippen molar-refractivity contribution in [2.75, 3.05) is 0 Å². The molecule has 0 saturated heterocycles. The fourth-order valence-corrected chi connectivity index (χ4v) is 2.35. The van der Waals surface area contributed by atoms with Crippen LogP contribution in [0, 0.1) is 0 Å². The zero-order valence-electron chi connectivity index (χ0n) is 9.78. The first kappa shape index (κ1) is 14.2. The maximum absolute atomic E-state index is 9.16. The van der Waals surface area contributed by atoms with Gasteiger partial charge in [0.15, 0.2) is 0 Å². The topological polar surface area (TPSA) is 32.6 Å². The molecule has 0 radical (unpaired) electrons. The Morgan fingerprint density at radius 2 is 1.58 bits per heavy atom. The first-order valence-corrected chi connectivity index (χ1v) is 6.64. The Morgan fingerprint density at radius 1 is 0.947 bits per heavy atom. The highest BCUT2D eigenvalue weighted by Crippen LogP contribution is 2.23. The van der Waals surface area contributed by atoms with Crippen LogP contribution in [0.2, 0.25) is 15.1 Å². The minimum absolute atomic E-state index is 0.453. The molecular formula is C14H10Cl3NO. The predicted octanol–water partition coefficient (Wildman–Crippen LogP) is 5.07. The van der Waals surface area contributed by atoms with Gasteiger partial charge in [-0.1, -0.05) is 58.2 Å². The molecule has 0 atom stereocenters. The van der Waals surface area contributed by atoms with Crippen molar-refractivity contribution in [2.24, 2.45) is 5.16 Å². The second kappa shape index (κ2) is 6.29. The number of hydrogen-bond donors (Lipinski definition) is 1. The second-order valence-corrected chi connectivity index (χ2v) is 5.25. The Balaban J connectivity index is 2.28. The Morgan fingerprint density at radius 3 is 2.16 bits per heavy atom. The van der Waals surface area contributed by atoms with Gasteiger partial charge >= 0.3 is 0 Å². The summed E-state index contributed by atoms with van der Waals surface area (Å²) in [5, 5.41) is 14.1. The summed E-state index contributed by atoms with van der Waals surface area (Å²) in [5.41, 5.74) is 2.11. The molecule has 0 saturated carbocycles. The van der Waals surface area contributed by atoms with Gasteiger partial charge in [-0.15, -0.1) is 0 Å². The van der Waals surface area contributed by atoms with Crippen LogP contribution in [0.1, 0.15) is 11.1 Å². The van der Waals surface area contributed by atoms with Crippen molar-refractivity contribution in [1.29, 1.82) is 0 Å². The molecule has 1 N–H and O–H groups in total. The van der Waals surface area contributed by atoms with E-state index in [4.69, 9.17) is 40.0 Å². The number of rotatable bonds is 3. The Hall–Kier alpha value is -1.22. The summed E-state index contributed by atoms with van der Waals surface area (Å²) >= 11 is 17.8. The maximum atomic E-state index is 9.16. The number of halogens is 3. The quantitative estimate of drug-likeness (QED) is 0.479. The third-order valence-corrected chi connectivity index (χ3v) is 3.45. The van der Waals surface area contributed by atoms with Gasteiger partial charge < -0.3 is 5.21 Å². The largest absolute Gasteiger partial charge is 0.411 e. The molecule has 98 valence electrons. The first-order chi connectivity index (χ1) is 9.10. The highest BCUT2D eigenvalue weighted by atomic mass is 35.5. The number of hydrogen-bond acceptors (Lipinski definition) is 2. The van der Waals surface area contributed by atoms with Crippen LogP contribution in [-0.4, -0.2) is 10.9 Å². The fourth-order valence-electron chi connectivity index (χ4n) is 1.70. The van der Waals surface area contributed by atoms with E-state index in [0.717, 1.165) is 5.56 Å². The summed E-state index contributed by atoms with van der Waals surface area (Å²) in [5.74, 6) is 0. The third-order valence-electron chi connectivity index (χ3n) is 2.65. The van der Waals surface area contributed by atoms with Gasteiger partial charge in [0, 0.05) is 22.0 Å². The molecular weight excluding hydrogens is 305 g/mol. The van der Waals surface area contributed by atoms with Crippen LogP contribution in [0.15, 0.2) is 47.6 Å². The van der Waals surface area contributed by atoms with E-state index in [1.807, 2.05) is 12.1 Å². The van der Waals surface area contributed by atoms with Crippen molar-refractivity contribution in [3.05, 3.63) is 68.7 Å². The van der Waals surface area contributed by atoms with Crippen molar-refractivity contribution in [3.8, 4) is 0 Å². The van der Waals surface area contributed by atoms with Gasteiger partial charge in [-0.2, -0.15) is 0 Å². The number of benzene rings is 2. The molecule has 0 bridgehead atoms. The van der Waals surface area contributed by atoms with Gasteiger partial charge in [-0.25, -0.2) is 0 Å². The van der Waals surface area contributed by atoms with Crippen LogP contribution < -0.4 is 0 Å². The van der Waals surface area contributed by atoms with Gasteiger partial charge in [0.2, 0.25) is 0 Å². The highest BCUT2D eigenvalue weighted by molar-refractivity contribution is 6.37. The zero-order chi connectivity index (χ0) is 13.8. The Kier molecular flexibility index (Phi) is 4.70. The predicted molar refractivity (Wildman–Crippen MR) is 79.9 cm³/mol. The van der Waals surface area contributed by atoms with Crippen molar-refractivity contribution in [3.63, 3.8) is 0 Å². The maximum Gasteiger partial charge on any atom is 0.0926 e. The lowest BCUT2D eigenvalue weighted by molar-refractivity contribution is 0.318. The van der Waals surface area contributed by atoms with E-state index >= 15 is 0 Å². The molecule has 5 heteroatoms. The minimum atomic E-state index is 0.453. The summed E-state index contributed by atoms with van der Waals surface area (Å²) in [6, 6.07) is 12.4. The number of oxime groups is 1. The van der Waals surface area contributed by atoms with E-state index in [-0.39, 0.29) is 0 Å². The molecule has 0 aromatic heterocycles. The minimum Gasteiger partial charge on any atom is -0.411 e. The van der Waals surface area contributed by atoms with E-state index in [9.17, 15) is 0 Å². The molecule has 0 unspecified atom stereocenters.